The van der Waals surface area contributed by atoms with Crippen molar-refractivity contribution in [3.05, 3.63) is 82.4 Å². The van der Waals surface area contributed by atoms with Gasteiger partial charge in [0.05, 0.1) is 25.5 Å². The number of anilines is 2. The Bertz CT molecular complexity index is 1430. The summed E-state index contributed by atoms with van der Waals surface area (Å²) in [6, 6.07) is 11.3. The standard InChI is InChI=1S/C24H24N6O3/c1-4-10-29-22(31)18-12-25-23(26-17-9-8-15-13-33-14-16(15)11-17)28-21(18)30(29)20-7-5-6-19(27-20)24(2,3)32/h4-9,11-12,32H,1,10,13-14H2,2-3H3,(H,25,26,28). The molecule has 5 rings (SSSR count). The summed E-state index contributed by atoms with van der Waals surface area (Å²) in [5.41, 5.74) is 2.63. The number of ether oxygens (including phenoxy) is 1. The minimum Gasteiger partial charge on any atom is -0.384 e. The third-order valence-corrected chi connectivity index (χ3v) is 5.53. The summed E-state index contributed by atoms with van der Waals surface area (Å²) in [7, 11) is 0. The third kappa shape index (κ3) is 3.81. The monoisotopic (exact) mass is 444 g/mol. The van der Waals surface area contributed by atoms with Crippen molar-refractivity contribution in [2.45, 2.75) is 39.2 Å². The zero-order chi connectivity index (χ0) is 23.2. The van der Waals surface area contributed by atoms with Crippen LogP contribution in [0.15, 0.2) is 60.0 Å². The van der Waals surface area contributed by atoms with Crippen molar-refractivity contribution in [3.63, 3.8) is 0 Å². The lowest BCUT2D eigenvalue weighted by Crippen LogP contribution is -2.23. The molecule has 9 nitrogen and oxygen atoms in total. The molecular weight excluding hydrogens is 420 g/mol. The van der Waals surface area contributed by atoms with Crippen molar-refractivity contribution in [1.29, 1.82) is 0 Å². The molecule has 4 aromatic rings. The van der Waals surface area contributed by atoms with Gasteiger partial charge in [-0.15, -0.1) is 6.58 Å². The molecule has 0 spiro atoms. The van der Waals surface area contributed by atoms with Crippen molar-refractivity contribution in [2.75, 3.05) is 5.32 Å². The lowest BCUT2D eigenvalue weighted by molar-refractivity contribution is 0.0738. The molecule has 1 aliphatic heterocycles. The zero-order valence-electron chi connectivity index (χ0n) is 18.4. The lowest BCUT2D eigenvalue weighted by atomic mass is 10.1. The number of rotatable bonds is 6. The Kier molecular flexibility index (Phi) is 5.07. The van der Waals surface area contributed by atoms with Crippen LogP contribution in [-0.2, 0) is 30.1 Å². The second-order valence-corrected chi connectivity index (χ2v) is 8.46. The van der Waals surface area contributed by atoms with Gasteiger partial charge in [0, 0.05) is 11.9 Å². The molecule has 0 fully saturated rings. The molecule has 1 aliphatic rings. The van der Waals surface area contributed by atoms with Crippen molar-refractivity contribution in [3.8, 4) is 5.82 Å². The number of nitrogens with one attached hydrogen (secondary N) is 1. The van der Waals surface area contributed by atoms with Crippen LogP contribution in [0.5, 0.6) is 0 Å². The van der Waals surface area contributed by atoms with E-state index in [9.17, 15) is 9.90 Å². The van der Waals surface area contributed by atoms with Crippen LogP contribution < -0.4 is 10.9 Å². The molecular formula is C24H24N6O3. The number of nitrogens with zero attached hydrogens (tertiary/aromatic N) is 5. The summed E-state index contributed by atoms with van der Waals surface area (Å²) in [4.78, 5) is 26.7. The number of aromatic nitrogens is 5. The minimum absolute atomic E-state index is 0.249. The Morgan fingerprint density at radius 1 is 1.21 bits per heavy atom. The smallest absolute Gasteiger partial charge is 0.278 e. The van der Waals surface area contributed by atoms with Gasteiger partial charge in [-0.3, -0.25) is 4.79 Å². The number of benzene rings is 1. The number of hydrogen-bond donors (Lipinski definition) is 2. The van der Waals surface area contributed by atoms with Crippen LogP contribution in [0.2, 0.25) is 0 Å². The van der Waals surface area contributed by atoms with E-state index in [-0.39, 0.29) is 12.1 Å². The van der Waals surface area contributed by atoms with Gasteiger partial charge in [-0.05, 0) is 49.2 Å². The highest BCUT2D eigenvalue weighted by Crippen LogP contribution is 2.25. The topological polar surface area (TPSA) is 107 Å². The Balaban J connectivity index is 1.64. The van der Waals surface area contributed by atoms with Gasteiger partial charge in [-0.2, -0.15) is 4.98 Å². The third-order valence-electron chi connectivity index (χ3n) is 5.53. The maximum absolute atomic E-state index is 13.1. The van der Waals surface area contributed by atoms with Gasteiger partial charge in [-0.1, -0.05) is 18.2 Å². The Morgan fingerprint density at radius 3 is 2.82 bits per heavy atom. The minimum atomic E-state index is -1.14. The van der Waals surface area contributed by atoms with Crippen molar-refractivity contribution < 1.29 is 9.84 Å². The Hall–Kier alpha value is -3.82. The van der Waals surface area contributed by atoms with Gasteiger partial charge in [-0.25, -0.2) is 19.3 Å². The lowest BCUT2D eigenvalue weighted by Gasteiger charge is -2.18. The fourth-order valence-electron chi connectivity index (χ4n) is 3.87. The second-order valence-electron chi connectivity index (χ2n) is 8.46. The summed E-state index contributed by atoms with van der Waals surface area (Å²) in [6.45, 7) is 8.56. The summed E-state index contributed by atoms with van der Waals surface area (Å²) in [5, 5.41) is 14.0. The van der Waals surface area contributed by atoms with Crippen LogP contribution in [0, 0.1) is 0 Å². The highest BCUT2D eigenvalue weighted by atomic mass is 16.5. The molecule has 0 saturated heterocycles. The van der Waals surface area contributed by atoms with Gasteiger partial charge >= 0.3 is 0 Å². The average molecular weight is 444 g/mol. The molecule has 0 aliphatic carbocycles. The van der Waals surface area contributed by atoms with Crippen LogP contribution in [0.25, 0.3) is 16.9 Å². The van der Waals surface area contributed by atoms with E-state index in [1.807, 2.05) is 18.2 Å². The average Bonchev–Trinajstić information content (AvgIpc) is 3.36. The molecule has 0 bridgehead atoms. The summed E-state index contributed by atoms with van der Waals surface area (Å²) in [6.07, 6.45) is 3.15. The molecule has 168 valence electrons. The van der Waals surface area contributed by atoms with Crippen molar-refractivity contribution in [2.24, 2.45) is 0 Å². The molecule has 3 aromatic heterocycles. The summed E-state index contributed by atoms with van der Waals surface area (Å²) >= 11 is 0. The van der Waals surface area contributed by atoms with Gasteiger partial charge in [0.25, 0.3) is 5.56 Å². The van der Waals surface area contributed by atoms with Crippen LogP contribution in [0.3, 0.4) is 0 Å². The quantitative estimate of drug-likeness (QED) is 0.440. The first-order valence-corrected chi connectivity index (χ1v) is 10.6. The maximum Gasteiger partial charge on any atom is 0.278 e. The first kappa shape index (κ1) is 21.0. The molecule has 33 heavy (non-hydrogen) atoms. The van der Waals surface area contributed by atoms with Gasteiger partial charge in [0.1, 0.15) is 11.0 Å². The first-order valence-electron chi connectivity index (χ1n) is 10.6. The molecule has 0 saturated carbocycles. The van der Waals surface area contributed by atoms with E-state index in [4.69, 9.17) is 4.74 Å². The van der Waals surface area contributed by atoms with E-state index in [2.05, 4.69) is 26.8 Å². The van der Waals surface area contributed by atoms with Crippen molar-refractivity contribution >= 4 is 22.7 Å². The highest BCUT2D eigenvalue weighted by Gasteiger charge is 2.22. The molecule has 0 radical (unpaired) electrons. The summed E-state index contributed by atoms with van der Waals surface area (Å²) < 4.78 is 8.62. The fourth-order valence-corrected chi connectivity index (χ4v) is 3.87. The van der Waals surface area contributed by atoms with E-state index in [0.29, 0.717) is 41.7 Å². The Morgan fingerprint density at radius 2 is 2.03 bits per heavy atom. The predicted octanol–water partition coefficient (Wildman–Crippen LogP) is 3.16. The normalized spacial score (nSPS) is 13.3. The van der Waals surface area contributed by atoms with E-state index in [1.54, 1.807) is 42.8 Å². The second kappa shape index (κ2) is 7.95. The number of aliphatic hydroxyl groups is 1. The molecule has 1 aromatic carbocycles. The zero-order valence-corrected chi connectivity index (χ0v) is 18.4. The maximum atomic E-state index is 13.1. The molecule has 0 atom stereocenters. The van der Waals surface area contributed by atoms with E-state index in [0.717, 1.165) is 11.3 Å². The van der Waals surface area contributed by atoms with Crippen LogP contribution >= 0.6 is 0 Å². The Labute approximate surface area is 190 Å². The number of pyridine rings is 1. The highest BCUT2D eigenvalue weighted by molar-refractivity contribution is 5.77. The van der Waals surface area contributed by atoms with Crippen LogP contribution in [0.1, 0.15) is 30.7 Å². The molecule has 0 unspecified atom stereocenters. The van der Waals surface area contributed by atoms with Crippen molar-refractivity contribution in [1.82, 2.24) is 24.3 Å². The van der Waals surface area contributed by atoms with E-state index in [1.165, 1.54) is 16.4 Å². The van der Waals surface area contributed by atoms with E-state index >= 15 is 0 Å². The van der Waals surface area contributed by atoms with Crippen LogP contribution in [-0.4, -0.2) is 29.4 Å². The number of hydrogen-bond acceptors (Lipinski definition) is 7. The fraction of sp³-hybridized carbons (Fsp3) is 0.250. The van der Waals surface area contributed by atoms with Gasteiger partial charge in [0.2, 0.25) is 5.95 Å². The van der Waals surface area contributed by atoms with Gasteiger partial charge in [0.15, 0.2) is 11.5 Å². The number of allylic oxidation sites excluding steroid dienone is 1. The number of fused-ring (bicyclic) bond motifs is 2. The summed E-state index contributed by atoms with van der Waals surface area (Å²) in [5.74, 6) is 0.812. The van der Waals surface area contributed by atoms with E-state index < -0.39 is 5.60 Å². The molecule has 4 heterocycles. The SMILES string of the molecule is C=CCn1c(=O)c2cnc(Nc3ccc4c(c3)COC4)nc2n1-c1cccc(C(C)(C)O)n1. The van der Waals surface area contributed by atoms with Gasteiger partial charge < -0.3 is 15.2 Å². The molecule has 9 heteroatoms. The van der Waals surface area contributed by atoms with Crippen LogP contribution in [0.4, 0.5) is 11.6 Å². The first-order chi connectivity index (χ1) is 15.8. The molecule has 0 amide bonds. The molecule has 2 N–H and O–H groups in total. The predicted molar refractivity (Wildman–Crippen MR) is 125 cm³/mol. The largest absolute Gasteiger partial charge is 0.384 e.